The van der Waals surface area contributed by atoms with E-state index in [-0.39, 0.29) is 6.02 Å². The Hall–Kier alpha value is -1.97. The van der Waals surface area contributed by atoms with Crippen molar-refractivity contribution in [2.24, 2.45) is 15.9 Å². The molecule has 372 valence electrons. The third-order valence-electron chi connectivity index (χ3n) is 12.6. The van der Waals surface area contributed by atoms with Crippen molar-refractivity contribution in [1.82, 2.24) is 10.2 Å². The summed E-state index contributed by atoms with van der Waals surface area (Å²) in [6.45, 7) is 17.0. The second-order valence-corrected chi connectivity index (χ2v) is 18.5. The standard InChI is InChI=1S/C42H81N5O3.C12H26O/c1-4-6-8-10-15-21-28-40(29-22-16-11-9-7-5-2)49-41(39-31-32-39)30-23-17-14-19-25-35-47(34-24-18-12-13-20-26-37-48)36-27-33-45-38-46-42(43)50-44-3;1-4-6-7-8-9-10-11-12(5-2)13-3/h37,40,45H,3-36,38H2,1-2H3,(H2,43,46);12H,4-11H2,1-3H3. The summed E-state index contributed by atoms with van der Waals surface area (Å²) < 4.78 is 12.2. The highest BCUT2D eigenvalue weighted by Gasteiger charge is 2.22. The molecule has 1 aliphatic carbocycles. The van der Waals surface area contributed by atoms with Gasteiger partial charge in [-0.25, -0.2) is 4.99 Å². The van der Waals surface area contributed by atoms with Gasteiger partial charge in [-0.1, -0.05) is 174 Å². The largest absolute Gasteiger partial charge is 0.495 e. The van der Waals surface area contributed by atoms with Gasteiger partial charge in [0.25, 0.3) is 0 Å². The Labute approximate surface area is 391 Å². The molecule has 0 aromatic heterocycles. The van der Waals surface area contributed by atoms with Crippen LogP contribution in [0.2, 0.25) is 0 Å². The van der Waals surface area contributed by atoms with Crippen molar-refractivity contribution in [1.29, 1.82) is 0 Å². The number of carbonyl (C=O) groups is 1. The predicted molar refractivity (Wildman–Crippen MR) is 274 cm³/mol. The molecule has 0 amide bonds. The predicted octanol–water partition coefficient (Wildman–Crippen LogP) is 15.1. The van der Waals surface area contributed by atoms with Gasteiger partial charge in [0.2, 0.25) is 0 Å². The summed E-state index contributed by atoms with van der Waals surface area (Å²) >= 11 is 0. The number of nitrogens with one attached hydrogen (secondary N) is 1. The number of rotatable bonds is 48. The Balaban J connectivity index is 0.00000253. The van der Waals surface area contributed by atoms with E-state index in [1.807, 2.05) is 7.11 Å². The van der Waals surface area contributed by atoms with Gasteiger partial charge in [0.1, 0.15) is 6.29 Å². The second-order valence-electron chi connectivity index (χ2n) is 18.5. The Morgan fingerprint density at radius 1 is 0.651 bits per heavy atom. The lowest BCUT2D eigenvalue weighted by Gasteiger charge is -2.23. The maximum absolute atomic E-state index is 10.6. The first-order valence-corrected chi connectivity index (χ1v) is 27.2. The van der Waals surface area contributed by atoms with E-state index in [1.54, 1.807) is 5.57 Å². The summed E-state index contributed by atoms with van der Waals surface area (Å²) in [6.07, 6.45) is 49.4. The summed E-state index contributed by atoms with van der Waals surface area (Å²) in [5.41, 5.74) is 7.20. The Morgan fingerprint density at radius 2 is 1.11 bits per heavy atom. The van der Waals surface area contributed by atoms with Crippen LogP contribution in [-0.2, 0) is 19.1 Å². The summed E-state index contributed by atoms with van der Waals surface area (Å²) in [5.74, 6) is 1.39. The zero-order valence-electron chi connectivity index (χ0n) is 42.7. The van der Waals surface area contributed by atoms with Gasteiger partial charge in [0.05, 0.1) is 24.6 Å². The number of hydrogen-bond donors (Lipinski definition) is 2. The van der Waals surface area contributed by atoms with Crippen molar-refractivity contribution in [3.63, 3.8) is 0 Å². The number of hydrogen-bond acceptors (Lipinski definition) is 8. The fraction of sp³-hybridized carbons (Fsp3) is 0.907. The number of ether oxygens (including phenoxy) is 2. The summed E-state index contributed by atoms with van der Waals surface area (Å²) in [6, 6.07) is 0.0337. The Bertz CT molecular complexity index is 1010. The number of carbonyl (C=O) groups excluding carboxylic acids is 1. The number of nitrogens with two attached hydrogens (primary N) is 1. The molecule has 0 aliphatic heterocycles. The molecular weight excluding hydrogens is 783 g/mol. The molecule has 9 nitrogen and oxygen atoms in total. The minimum atomic E-state index is 0.0337. The van der Waals surface area contributed by atoms with Crippen LogP contribution >= 0.6 is 0 Å². The number of aldehydes is 1. The molecule has 9 heteroatoms. The number of unbranched alkanes of at least 4 members (excludes halogenated alkanes) is 24. The first kappa shape index (κ1) is 61.0. The van der Waals surface area contributed by atoms with Gasteiger partial charge < -0.3 is 29.7 Å². The minimum Gasteiger partial charge on any atom is -0.495 e. The lowest BCUT2D eigenvalue weighted by molar-refractivity contribution is -0.107. The normalized spacial score (nSPS) is 13.0. The maximum atomic E-state index is 10.6. The van der Waals surface area contributed by atoms with Gasteiger partial charge in [-0.2, -0.15) is 0 Å². The van der Waals surface area contributed by atoms with E-state index in [2.05, 4.69) is 54.8 Å². The van der Waals surface area contributed by atoms with Gasteiger partial charge in [0.15, 0.2) is 0 Å². The molecule has 0 radical (unpaired) electrons. The van der Waals surface area contributed by atoms with Crippen molar-refractivity contribution < 1.29 is 19.1 Å². The molecule has 1 unspecified atom stereocenters. The van der Waals surface area contributed by atoms with Crippen LogP contribution in [0.5, 0.6) is 0 Å². The molecule has 1 atom stereocenters. The molecule has 0 bridgehead atoms. The van der Waals surface area contributed by atoms with E-state index in [4.69, 9.17) is 20.0 Å². The van der Waals surface area contributed by atoms with E-state index >= 15 is 0 Å². The van der Waals surface area contributed by atoms with Crippen LogP contribution < -0.4 is 11.1 Å². The average Bonchev–Trinajstić information content (AvgIpc) is 4.14. The van der Waals surface area contributed by atoms with Crippen LogP contribution in [0.15, 0.2) is 21.5 Å². The molecule has 0 saturated heterocycles. The Morgan fingerprint density at radius 3 is 1.59 bits per heavy atom. The molecule has 0 aromatic rings. The fourth-order valence-electron chi connectivity index (χ4n) is 8.39. The van der Waals surface area contributed by atoms with E-state index in [1.165, 1.54) is 218 Å². The van der Waals surface area contributed by atoms with Crippen molar-refractivity contribution in [2.45, 2.75) is 277 Å². The monoisotopic (exact) mass is 890 g/mol. The van der Waals surface area contributed by atoms with E-state index < -0.39 is 0 Å². The molecule has 1 rings (SSSR count). The van der Waals surface area contributed by atoms with Crippen LogP contribution in [0.4, 0.5) is 0 Å². The second kappa shape index (κ2) is 49.5. The van der Waals surface area contributed by atoms with E-state index in [0.29, 0.717) is 25.3 Å². The topological polar surface area (TPSA) is 111 Å². The SMILES string of the molecule is C=NO/C(N)=N\CNCCCN(CCCCCCCC=O)CCCCCCCC(OC(CCCCCCCC)CCCCCCCC)=C1CC1.CCCCCCCCC(CC)OC. The van der Waals surface area contributed by atoms with Crippen LogP contribution in [0.1, 0.15) is 265 Å². The molecule has 3 N–H and O–H groups in total. The number of methoxy groups -OCH3 is 1. The van der Waals surface area contributed by atoms with Crippen molar-refractivity contribution in [3.8, 4) is 0 Å². The number of oxime groups is 1. The number of amidine groups is 1. The molecule has 1 saturated carbocycles. The number of nitrogens with zero attached hydrogens (tertiary/aromatic N) is 3. The summed E-state index contributed by atoms with van der Waals surface area (Å²) in [4.78, 5) is 22.0. The highest BCUT2D eigenvalue weighted by molar-refractivity contribution is 5.71. The van der Waals surface area contributed by atoms with E-state index in [9.17, 15) is 4.79 Å². The molecule has 1 fully saturated rings. The highest BCUT2D eigenvalue weighted by Crippen LogP contribution is 2.36. The molecule has 0 spiro atoms. The molecular formula is C54H107N5O4. The van der Waals surface area contributed by atoms with Gasteiger partial charge in [-0.3, -0.25) is 5.32 Å². The molecule has 1 aliphatic rings. The van der Waals surface area contributed by atoms with Gasteiger partial charge >= 0.3 is 6.02 Å². The lowest BCUT2D eigenvalue weighted by Crippen LogP contribution is -2.30. The zero-order chi connectivity index (χ0) is 46.1. The van der Waals surface area contributed by atoms with Gasteiger partial charge in [0, 0.05) is 26.7 Å². The third kappa shape index (κ3) is 43.7. The maximum Gasteiger partial charge on any atom is 0.313 e. The van der Waals surface area contributed by atoms with Crippen LogP contribution in [-0.4, -0.2) is 76.1 Å². The first-order valence-electron chi connectivity index (χ1n) is 27.2. The number of allylic oxidation sites excluding steroid dienone is 2. The van der Waals surface area contributed by atoms with Crippen molar-refractivity contribution in [2.75, 3.05) is 40.0 Å². The van der Waals surface area contributed by atoms with Crippen LogP contribution in [0.3, 0.4) is 0 Å². The minimum absolute atomic E-state index is 0.0337. The quantitative estimate of drug-likeness (QED) is 0.0156. The third-order valence-corrected chi connectivity index (χ3v) is 12.6. The highest BCUT2D eigenvalue weighted by atomic mass is 16.6. The molecule has 0 aromatic carbocycles. The smallest absolute Gasteiger partial charge is 0.313 e. The van der Waals surface area contributed by atoms with Gasteiger partial charge in [-0.05, 0) is 115 Å². The Kier molecular flexibility index (Phi) is 47.9. The summed E-state index contributed by atoms with van der Waals surface area (Å²) in [5, 5.41) is 6.59. The zero-order valence-corrected chi connectivity index (χ0v) is 42.7. The lowest BCUT2D eigenvalue weighted by atomic mass is 10.0. The van der Waals surface area contributed by atoms with Crippen molar-refractivity contribution in [3.05, 3.63) is 11.3 Å². The first-order chi connectivity index (χ1) is 31.0. The van der Waals surface area contributed by atoms with Crippen LogP contribution in [0.25, 0.3) is 0 Å². The summed E-state index contributed by atoms with van der Waals surface area (Å²) in [7, 11) is 1.82. The van der Waals surface area contributed by atoms with Crippen molar-refractivity contribution >= 4 is 19.0 Å². The molecule has 0 heterocycles. The van der Waals surface area contributed by atoms with E-state index in [0.717, 1.165) is 51.6 Å². The van der Waals surface area contributed by atoms with Crippen LogP contribution in [0, 0.1) is 0 Å². The number of aliphatic imine (C=N–C) groups is 1. The average molecular weight is 890 g/mol. The van der Waals surface area contributed by atoms with Gasteiger partial charge in [-0.15, -0.1) is 0 Å². The fourth-order valence-corrected chi connectivity index (χ4v) is 8.39. The molecule has 63 heavy (non-hydrogen) atoms.